The maximum absolute atomic E-state index is 11.8. The maximum Gasteiger partial charge on any atom is 0.213 e. The molecule has 1 aromatic carbocycles. The summed E-state index contributed by atoms with van der Waals surface area (Å²) in [6.45, 7) is 6.25. The highest BCUT2D eigenvalue weighted by Gasteiger charge is 2.13. The molecule has 0 aliphatic heterocycles. The summed E-state index contributed by atoms with van der Waals surface area (Å²) < 4.78 is 26.7. The van der Waals surface area contributed by atoms with Crippen molar-refractivity contribution in [3.05, 3.63) is 48.3 Å². The Morgan fingerprint density at radius 3 is 2.59 bits per heavy atom. The quantitative estimate of drug-likeness (QED) is 0.328. The van der Waals surface area contributed by atoms with Crippen LogP contribution in [0.25, 0.3) is 5.69 Å². The Balaban J connectivity index is 1.77. The summed E-state index contributed by atoms with van der Waals surface area (Å²) in [5.74, 6) is 0.876. The first-order valence-corrected chi connectivity index (χ1v) is 11.6. The van der Waals surface area contributed by atoms with Crippen LogP contribution in [0.1, 0.15) is 25.8 Å². The van der Waals surface area contributed by atoms with Crippen molar-refractivity contribution >= 4 is 16.0 Å². The zero-order valence-corrected chi connectivity index (χ0v) is 18.3. The summed E-state index contributed by atoms with van der Waals surface area (Å²) in [5, 5.41) is 10.8. The fraction of sp³-hybridized carbons (Fsp3) is 0.500. The third-order valence-corrected chi connectivity index (χ3v) is 6.36. The van der Waals surface area contributed by atoms with E-state index in [0.29, 0.717) is 19.5 Å². The lowest BCUT2D eigenvalue weighted by molar-refractivity contribution is 0.465. The molecule has 0 saturated heterocycles. The Hall–Kier alpha value is -2.39. The van der Waals surface area contributed by atoms with Gasteiger partial charge >= 0.3 is 0 Å². The molecule has 9 heteroatoms. The van der Waals surface area contributed by atoms with Gasteiger partial charge in [-0.25, -0.2) is 17.4 Å². The van der Waals surface area contributed by atoms with Crippen LogP contribution in [-0.4, -0.2) is 67.4 Å². The van der Waals surface area contributed by atoms with Crippen LogP contribution in [0, 0.1) is 0 Å². The van der Waals surface area contributed by atoms with E-state index in [0.717, 1.165) is 31.2 Å². The van der Waals surface area contributed by atoms with Crippen LogP contribution in [0.4, 0.5) is 0 Å². The van der Waals surface area contributed by atoms with Crippen molar-refractivity contribution in [2.24, 2.45) is 4.99 Å². The van der Waals surface area contributed by atoms with Gasteiger partial charge in [0.15, 0.2) is 5.96 Å². The van der Waals surface area contributed by atoms with E-state index in [4.69, 9.17) is 0 Å². The normalized spacial score (nSPS) is 12.3. The summed E-state index contributed by atoms with van der Waals surface area (Å²) in [6, 6.07) is 10.2. The summed E-state index contributed by atoms with van der Waals surface area (Å²) in [6.07, 6.45) is 5.24. The first-order valence-electron chi connectivity index (χ1n) is 10.0. The van der Waals surface area contributed by atoms with Crippen molar-refractivity contribution in [1.82, 2.24) is 24.7 Å². The topological polar surface area (TPSA) is 91.6 Å². The third-order valence-electron chi connectivity index (χ3n) is 4.50. The van der Waals surface area contributed by atoms with Crippen molar-refractivity contribution in [3.63, 3.8) is 0 Å². The molecule has 1 heterocycles. The minimum atomic E-state index is -3.12. The third kappa shape index (κ3) is 7.51. The van der Waals surface area contributed by atoms with Crippen LogP contribution >= 0.6 is 0 Å². The van der Waals surface area contributed by atoms with Gasteiger partial charge in [-0.05, 0) is 50.5 Å². The predicted octanol–water partition coefficient (Wildman–Crippen LogP) is 1.64. The highest BCUT2D eigenvalue weighted by Crippen LogP contribution is 2.08. The van der Waals surface area contributed by atoms with Gasteiger partial charge in [-0.1, -0.05) is 12.1 Å². The lowest BCUT2D eigenvalue weighted by Gasteiger charge is -2.15. The van der Waals surface area contributed by atoms with E-state index >= 15 is 0 Å². The Kier molecular flexibility index (Phi) is 9.14. The Labute approximate surface area is 174 Å². The number of nitrogens with zero attached hydrogens (tertiary/aromatic N) is 4. The fourth-order valence-corrected chi connectivity index (χ4v) is 3.60. The Bertz CT molecular complexity index is 848. The number of aliphatic imine (C=N–C) groups is 1. The number of hydrogen-bond acceptors (Lipinski definition) is 4. The highest BCUT2D eigenvalue weighted by atomic mass is 32.2. The van der Waals surface area contributed by atoms with Gasteiger partial charge in [-0.2, -0.15) is 5.10 Å². The van der Waals surface area contributed by atoms with Gasteiger partial charge in [0.05, 0.1) is 11.4 Å². The molecule has 0 atom stereocenters. The molecule has 2 N–H and O–H groups in total. The lowest BCUT2D eigenvalue weighted by Crippen LogP contribution is -2.38. The van der Waals surface area contributed by atoms with Crippen LogP contribution in [0.3, 0.4) is 0 Å². The van der Waals surface area contributed by atoms with Crippen LogP contribution in [0.5, 0.6) is 0 Å². The van der Waals surface area contributed by atoms with Gasteiger partial charge in [0.25, 0.3) is 0 Å². The van der Waals surface area contributed by atoms with E-state index in [1.807, 2.05) is 23.9 Å². The number of nitrogens with one attached hydrogen (secondary N) is 2. The zero-order valence-electron chi connectivity index (χ0n) is 17.5. The first-order chi connectivity index (χ1) is 14.0. The lowest BCUT2D eigenvalue weighted by atomic mass is 10.1. The van der Waals surface area contributed by atoms with Crippen molar-refractivity contribution < 1.29 is 8.42 Å². The van der Waals surface area contributed by atoms with E-state index < -0.39 is 10.0 Å². The van der Waals surface area contributed by atoms with Gasteiger partial charge in [0.1, 0.15) is 0 Å². The van der Waals surface area contributed by atoms with Gasteiger partial charge < -0.3 is 10.6 Å². The van der Waals surface area contributed by atoms with Gasteiger partial charge in [0.2, 0.25) is 10.0 Å². The molecule has 0 unspecified atom stereocenters. The van der Waals surface area contributed by atoms with E-state index in [2.05, 4.69) is 45.0 Å². The Morgan fingerprint density at radius 2 is 1.97 bits per heavy atom. The number of rotatable bonds is 11. The molecule has 0 aliphatic rings. The maximum atomic E-state index is 11.8. The van der Waals surface area contributed by atoms with Gasteiger partial charge in [-0.15, -0.1) is 0 Å². The molecule has 0 amide bonds. The van der Waals surface area contributed by atoms with Crippen LogP contribution < -0.4 is 10.6 Å². The molecule has 0 radical (unpaired) electrons. The molecule has 8 nitrogen and oxygen atoms in total. The van der Waals surface area contributed by atoms with Crippen LogP contribution in [-0.2, 0) is 16.4 Å². The van der Waals surface area contributed by atoms with Crippen molar-refractivity contribution in [1.29, 1.82) is 0 Å². The number of guanidine groups is 1. The molecule has 0 spiro atoms. The van der Waals surface area contributed by atoms with E-state index in [-0.39, 0.29) is 5.75 Å². The average Bonchev–Trinajstić information content (AvgIpc) is 3.26. The standard InChI is InChI=1S/C20H32N6O2S/c1-4-21-20(22-13-6-16-25(3)29(27,28)5-2)23-15-12-18-8-10-19(11-9-18)26-17-7-14-24-26/h7-11,14,17H,4-6,12-13,15-16H2,1-3H3,(H2,21,22,23). The molecule has 0 aliphatic carbocycles. The molecule has 2 aromatic rings. The smallest absolute Gasteiger partial charge is 0.213 e. The predicted molar refractivity (Wildman–Crippen MR) is 118 cm³/mol. The second kappa shape index (κ2) is 11.6. The molecule has 0 bridgehead atoms. The molecule has 0 saturated carbocycles. The second-order valence-electron chi connectivity index (χ2n) is 6.63. The highest BCUT2D eigenvalue weighted by molar-refractivity contribution is 7.89. The van der Waals surface area contributed by atoms with Gasteiger partial charge in [0, 0.05) is 45.6 Å². The number of aromatic nitrogens is 2. The second-order valence-corrected chi connectivity index (χ2v) is 8.99. The largest absolute Gasteiger partial charge is 0.357 e. The van der Waals surface area contributed by atoms with E-state index in [9.17, 15) is 8.42 Å². The summed E-state index contributed by atoms with van der Waals surface area (Å²) in [5.41, 5.74) is 2.27. The molecule has 160 valence electrons. The van der Waals surface area contributed by atoms with E-state index in [1.54, 1.807) is 20.2 Å². The summed E-state index contributed by atoms with van der Waals surface area (Å²) in [4.78, 5) is 4.53. The van der Waals surface area contributed by atoms with Crippen LogP contribution in [0.15, 0.2) is 47.7 Å². The van der Waals surface area contributed by atoms with E-state index in [1.165, 1.54) is 9.87 Å². The number of hydrogen-bond donors (Lipinski definition) is 2. The number of benzene rings is 1. The SMILES string of the molecule is CCNC(=NCCCN(C)S(=O)(=O)CC)NCCc1ccc(-n2cccn2)cc1. The summed E-state index contributed by atoms with van der Waals surface area (Å²) in [7, 11) is -1.51. The molecule has 29 heavy (non-hydrogen) atoms. The zero-order chi connectivity index (χ0) is 21.1. The van der Waals surface area contributed by atoms with Crippen LogP contribution in [0.2, 0.25) is 0 Å². The molecule has 1 aromatic heterocycles. The van der Waals surface area contributed by atoms with Gasteiger partial charge in [-0.3, -0.25) is 4.99 Å². The minimum Gasteiger partial charge on any atom is -0.357 e. The average molecular weight is 421 g/mol. The summed E-state index contributed by atoms with van der Waals surface area (Å²) >= 11 is 0. The molecular formula is C20H32N6O2S. The van der Waals surface area contributed by atoms with Crippen molar-refractivity contribution in [2.75, 3.05) is 39.0 Å². The molecular weight excluding hydrogens is 388 g/mol. The van der Waals surface area contributed by atoms with Crippen molar-refractivity contribution in [2.45, 2.75) is 26.7 Å². The first kappa shape index (κ1) is 22.9. The van der Waals surface area contributed by atoms with Crippen molar-refractivity contribution in [3.8, 4) is 5.69 Å². The molecule has 0 fully saturated rings. The fourth-order valence-electron chi connectivity index (χ4n) is 2.75. The molecule has 2 rings (SSSR count). The monoisotopic (exact) mass is 420 g/mol. The number of sulfonamides is 1. The minimum absolute atomic E-state index is 0.125. The Morgan fingerprint density at radius 1 is 1.21 bits per heavy atom.